The predicted octanol–water partition coefficient (Wildman–Crippen LogP) is 1.11. The van der Waals surface area contributed by atoms with Crippen LogP contribution in [0.3, 0.4) is 0 Å². The summed E-state index contributed by atoms with van der Waals surface area (Å²) in [5.41, 5.74) is 7.15. The van der Waals surface area contributed by atoms with Gasteiger partial charge in [0.2, 0.25) is 0 Å². The van der Waals surface area contributed by atoms with E-state index in [0.29, 0.717) is 19.8 Å². The van der Waals surface area contributed by atoms with Gasteiger partial charge < -0.3 is 15.2 Å². The number of cyclic esters (lactones) is 1. The van der Waals surface area contributed by atoms with Crippen LogP contribution in [-0.2, 0) is 11.3 Å². The van der Waals surface area contributed by atoms with Crippen molar-refractivity contribution in [3.8, 4) is 5.75 Å². The minimum absolute atomic E-state index is 0.290. The third-order valence-corrected chi connectivity index (χ3v) is 2.42. The molecule has 0 radical (unpaired) electrons. The van der Waals surface area contributed by atoms with Gasteiger partial charge in [0.05, 0.1) is 5.69 Å². The van der Waals surface area contributed by atoms with Crippen molar-refractivity contribution in [2.75, 3.05) is 25.1 Å². The average Bonchev–Trinajstić information content (AvgIpc) is 2.31. The Morgan fingerprint density at radius 3 is 3.12 bits per heavy atom. The molecule has 5 heteroatoms. The van der Waals surface area contributed by atoms with Gasteiger partial charge in [-0.3, -0.25) is 4.90 Å². The Bertz CT molecular complexity index is 406. The Morgan fingerprint density at radius 1 is 1.56 bits per heavy atom. The first-order valence-corrected chi connectivity index (χ1v) is 5.08. The van der Waals surface area contributed by atoms with Crippen molar-refractivity contribution in [2.45, 2.75) is 6.61 Å². The molecule has 1 aliphatic heterocycles. The number of amides is 1. The van der Waals surface area contributed by atoms with Crippen LogP contribution in [-0.4, -0.2) is 26.3 Å². The first-order chi connectivity index (χ1) is 7.72. The molecule has 0 spiro atoms. The fourth-order valence-corrected chi connectivity index (χ4v) is 1.61. The van der Waals surface area contributed by atoms with Crippen molar-refractivity contribution < 1.29 is 14.3 Å². The van der Waals surface area contributed by atoms with Crippen LogP contribution < -0.4 is 15.4 Å². The van der Waals surface area contributed by atoms with Crippen LogP contribution in [0.4, 0.5) is 10.5 Å². The van der Waals surface area contributed by atoms with Crippen LogP contribution in [0.15, 0.2) is 18.2 Å². The van der Waals surface area contributed by atoms with Crippen LogP contribution >= 0.6 is 0 Å². The predicted molar refractivity (Wildman–Crippen MR) is 59.6 cm³/mol. The van der Waals surface area contributed by atoms with Crippen molar-refractivity contribution in [1.82, 2.24) is 0 Å². The molecule has 0 fully saturated rings. The number of hydrogen-bond donors (Lipinski definition) is 1. The molecule has 86 valence electrons. The number of hydrogen-bond acceptors (Lipinski definition) is 4. The van der Waals surface area contributed by atoms with Crippen molar-refractivity contribution in [2.24, 2.45) is 5.73 Å². The number of fused-ring (bicyclic) bond motifs is 1. The molecule has 1 heterocycles. The Kier molecular flexibility index (Phi) is 2.96. The van der Waals surface area contributed by atoms with Gasteiger partial charge in [-0.15, -0.1) is 0 Å². The average molecular weight is 222 g/mol. The number of nitrogens with two attached hydrogens (primary N) is 1. The van der Waals surface area contributed by atoms with Crippen molar-refractivity contribution >= 4 is 11.8 Å². The lowest BCUT2D eigenvalue weighted by Crippen LogP contribution is -2.31. The molecular weight excluding hydrogens is 208 g/mol. The van der Waals surface area contributed by atoms with Crippen LogP contribution in [0.1, 0.15) is 5.56 Å². The molecule has 5 nitrogen and oxygen atoms in total. The summed E-state index contributed by atoms with van der Waals surface area (Å²) in [4.78, 5) is 12.7. The third kappa shape index (κ3) is 1.94. The molecule has 1 aliphatic rings. The second-order valence-electron chi connectivity index (χ2n) is 3.54. The summed E-state index contributed by atoms with van der Waals surface area (Å²) < 4.78 is 10.4. The minimum Gasteiger partial charge on any atom is -0.492 e. The maximum atomic E-state index is 11.3. The van der Waals surface area contributed by atoms with E-state index in [0.717, 1.165) is 17.0 Å². The lowest BCUT2D eigenvalue weighted by atomic mass is 10.1. The molecule has 0 bridgehead atoms. The summed E-state index contributed by atoms with van der Waals surface area (Å²) in [6.07, 6.45) is -0.330. The summed E-state index contributed by atoms with van der Waals surface area (Å²) in [6, 6.07) is 5.54. The number of ether oxygens (including phenoxy) is 2. The quantitative estimate of drug-likeness (QED) is 0.832. The fraction of sp³-hybridized carbons (Fsp3) is 0.364. The fourth-order valence-electron chi connectivity index (χ4n) is 1.61. The number of rotatable bonds is 3. The molecule has 1 aromatic rings. The van der Waals surface area contributed by atoms with Crippen LogP contribution in [0.5, 0.6) is 5.75 Å². The Morgan fingerprint density at radius 2 is 2.38 bits per heavy atom. The van der Waals surface area contributed by atoms with Gasteiger partial charge in [0.1, 0.15) is 19.0 Å². The molecule has 0 aromatic heterocycles. The number of carbonyl (C=O) groups is 1. The van der Waals surface area contributed by atoms with Crippen LogP contribution in [0.25, 0.3) is 0 Å². The Labute approximate surface area is 93.7 Å². The van der Waals surface area contributed by atoms with Crippen molar-refractivity contribution in [1.29, 1.82) is 0 Å². The topological polar surface area (TPSA) is 64.8 Å². The number of carbonyl (C=O) groups excluding carboxylic acids is 1. The standard InChI is InChI=1S/C11H14N2O3/c1-13-10-3-2-9(15-5-4-12)6-8(10)7-16-11(13)14/h2-3,6H,4-5,7,12H2,1H3. The Hall–Kier alpha value is -1.75. The number of anilines is 1. The first-order valence-electron chi connectivity index (χ1n) is 5.08. The normalized spacial score (nSPS) is 14.4. The highest BCUT2D eigenvalue weighted by atomic mass is 16.6. The van der Waals surface area contributed by atoms with E-state index in [2.05, 4.69) is 0 Å². The monoisotopic (exact) mass is 222 g/mol. The minimum atomic E-state index is -0.330. The molecule has 16 heavy (non-hydrogen) atoms. The summed E-state index contributed by atoms with van der Waals surface area (Å²) in [5, 5.41) is 0. The van der Waals surface area contributed by atoms with Gasteiger partial charge >= 0.3 is 6.09 Å². The second kappa shape index (κ2) is 4.40. The maximum Gasteiger partial charge on any atom is 0.414 e. The van der Waals surface area contributed by atoms with Gasteiger partial charge in [-0.25, -0.2) is 4.79 Å². The number of benzene rings is 1. The number of nitrogens with zero attached hydrogens (tertiary/aromatic N) is 1. The molecule has 0 saturated carbocycles. The summed E-state index contributed by atoms with van der Waals surface area (Å²) in [6.45, 7) is 1.25. The van der Waals surface area contributed by atoms with Crippen LogP contribution in [0, 0.1) is 0 Å². The Balaban J connectivity index is 2.23. The molecule has 1 aromatic carbocycles. The van der Waals surface area contributed by atoms with E-state index in [9.17, 15) is 4.79 Å². The van der Waals surface area contributed by atoms with E-state index in [1.165, 1.54) is 4.90 Å². The first kappa shape index (κ1) is 10.8. The molecule has 0 aliphatic carbocycles. The third-order valence-electron chi connectivity index (χ3n) is 2.42. The molecule has 0 atom stereocenters. The summed E-state index contributed by atoms with van der Waals surface area (Å²) >= 11 is 0. The zero-order valence-corrected chi connectivity index (χ0v) is 9.10. The lowest BCUT2D eigenvalue weighted by molar-refractivity contribution is 0.143. The van der Waals surface area contributed by atoms with Gasteiger partial charge in [-0.2, -0.15) is 0 Å². The summed E-state index contributed by atoms with van der Waals surface area (Å²) in [5.74, 6) is 0.746. The van der Waals surface area contributed by atoms with Gasteiger partial charge in [0.25, 0.3) is 0 Å². The zero-order valence-electron chi connectivity index (χ0n) is 9.10. The van der Waals surface area contributed by atoms with E-state index in [-0.39, 0.29) is 6.09 Å². The van der Waals surface area contributed by atoms with Gasteiger partial charge in [-0.05, 0) is 18.2 Å². The maximum absolute atomic E-state index is 11.3. The van der Waals surface area contributed by atoms with E-state index in [4.69, 9.17) is 15.2 Å². The van der Waals surface area contributed by atoms with Gasteiger partial charge in [0.15, 0.2) is 0 Å². The molecule has 0 saturated heterocycles. The molecular formula is C11H14N2O3. The molecule has 2 N–H and O–H groups in total. The highest BCUT2D eigenvalue weighted by Gasteiger charge is 2.22. The zero-order chi connectivity index (χ0) is 11.5. The smallest absolute Gasteiger partial charge is 0.414 e. The van der Waals surface area contributed by atoms with Gasteiger partial charge in [-0.1, -0.05) is 0 Å². The second-order valence-corrected chi connectivity index (χ2v) is 3.54. The molecule has 1 amide bonds. The highest BCUT2D eigenvalue weighted by molar-refractivity contribution is 5.89. The van der Waals surface area contributed by atoms with E-state index in [1.54, 1.807) is 7.05 Å². The highest BCUT2D eigenvalue weighted by Crippen LogP contribution is 2.29. The lowest BCUT2D eigenvalue weighted by Gasteiger charge is -2.25. The van der Waals surface area contributed by atoms with Crippen molar-refractivity contribution in [3.05, 3.63) is 23.8 Å². The van der Waals surface area contributed by atoms with Crippen LogP contribution in [0.2, 0.25) is 0 Å². The van der Waals surface area contributed by atoms with E-state index < -0.39 is 0 Å². The molecule has 0 unspecified atom stereocenters. The molecule has 2 rings (SSSR count). The summed E-state index contributed by atoms with van der Waals surface area (Å²) in [7, 11) is 1.68. The largest absolute Gasteiger partial charge is 0.492 e. The van der Waals surface area contributed by atoms with Gasteiger partial charge in [0, 0.05) is 19.2 Å². The van der Waals surface area contributed by atoms with Crippen molar-refractivity contribution in [3.63, 3.8) is 0 Å². The van der Waals surface area contributed by atoms with E-state index >= 15 is 0 Å². The SMILES string of the molecule is CN1C(=O)OCc2cc(OCCN)ccc21. The van der Waals surface area contributed by atoms with E-state index in [1.807, 2.05) is 18.2 Å².